The second-order valence-corrected chi connectivity index (χ2v) is 19.5. The Balaban J connectivity index is 3.61. The molecule has 0 rings (SSSR count). The van der Waals surface area contributed by atoms with Gasteiger partial charge >= 0.3 is 0 Å². The molecule has 0 heterocycles. The Labute approximate surface area is 394 Å². The molecular weight excluding hydrogens is 775 g/mol. The zero-order valence-corrected chi connectivity index (χ0v) is 42.5. The van der Waals surface area contributed by atoms with Crippen LogP contribution >= 0.6 is 0 Å². The number of carbonyl (C=O) groups is 1. The van der Waals surface area contributed by atoms with Crippen molar-refractivity contribution in [3.8, 4) is 0 Å². The summed E-state index contributed by atoms with van der Waals surface area (Å²) in [6.45, 7) is 4.24. The van der Waals surface area contributed by atoms with Crippen LogP contribution < -0.4 is 5.32 Å². The van der Waals surface area contributed by atoms with Crippen LogP contribution in [-0.2, 0) is 4.79 Å². The Kier molecular flexibility index (Phi) is 52.0. The molecule has 63 heavy (non-hydrogen) atoms. The van der Waals surface area contributed by atoms with Crippen LogP contribution in [0.4, 0.5) is 0 Å². The van der Waals surface area contributed by atoms with E-state index in [0.29, 0.717) is 6.42 Å². The number of nitrogens with one attached hydrogen (secondary N) is 1. The van der Waals surface area contributed by atoms with Crippen LogP contribution in [0, 0.1) is 0 Å². The van der Waals surface area contributed by atoms with Gasteiger partial charge in [0.05, 0.1) is 31.3 Å². The average Bonchev–Trinajstić information content (AvgIpc) is 3.28. The van der Waals surface area contributed by atoms with Crippen LogP contribution in [0.25, 0.3) is 0 Å². The van der Waals surface area contributed by atoms with Crippen molar-refractivity contribution in [1.29, 1.82) is 0 Å². The van der Waals surface area contributed by atoms with E-state index in [9.17, 15) is 20.1 Å². The highest BCUT2D eigenvalue weighted by atomic mass is 16.3. The molecule has 0 fully saturated rings. The highest BCUT2D eigenvalue weighted by molar-refractivity contribution is 5.76. The van der Waals surface area contributed by atoms with E-state index in [1.165, 1.54) is 244 Å². The van der Waals surface area contributed by atoms with Crippen LogP contribution in [-0.4, -0.2) is 46.1 Å². The molecule has 3 atom stereocenters. The van der Waals surface area contributed by atoms with E-state index in [-0.39, 0.29) is 18.9 Å². The molecule has 372 valence electrons. The van der Waals surface area contributed by atoms with Gasteiger partial charge in [-0.1, -0.05) is 275 Å². The molecule has 0 aliphatic rings. The molecule has 4 N–H and O–H groups in total. The molecule has 0 aromatic heterocycles. The molecule has 0 saturated heterocycles. The minimum atomic E-state index is -0.954. The van der Waals surface area contributed by atoms with E-state index in [0.717, 1.165) is 32.1 Å². The average molecular weight is 887 g/mol. The second-order valence-electron chi connectivity index (χ2n) is 19.5. The second kappa shape index (κ2) is 53.2. The number of aliphatic hydroxyl groups excluding tert-OH is 3. The van der Waals surface area contributed by atoms with Crippen molar-refractivity contribution in [3.63, 3.8) is 0 Å². The highest BCUT2D eigenvalue weighted by Gasteiger charge is 2.20. The zero-order valence-electron chi connectivity index (χ0n) is 42.5. The van der Waals surface area contributed by atoms with Crippen molar-refractivity contribution < 1.29 is 20.1 Å². The normalized spacial score (nSPS) is 13.5. The van der Waals surface area contributed by atoms with E-state index in [1.54, 1.807) is 6.08 Å². The van der Waals surface area contributed by atoms with Gasteiger partial charge in [0.2, 0.25) is 5.91 Å². The SMILES string of the molecule is CCCCCCCCCCCCCC/C=C\CCCCCCCCCC(O)CC(=O)NC(CO)C(O)/C=C/CC/C=C/CCCCCCCCCCCCCCCCCCCCC. The summed E-state index contributed by atoms with van der Waals surface area (Å²) in [5.74, 6) is -0.324. The third kappa shape index (κ3) is 49.8. The number of carbonyl (C=O) groups excluding carboxylic acids is 1. The summed E-state index contributed by atoms with van der Waals surface area (Å²) in [5, 5.41) is 33.4. The van der Waals surface area contributed by atoms with Crippen LogP contribution in [0.2, 0.25) is 0 Å². The molecule has 0 aromatic carbocycles. The molecule has 0 radical (unpaired) electrons. The first-order chi connectivity index (χ1) is 31.0. The molecular formula is C58H111NO4. The van der Waals surface area contributed by atoms with Crippen LogP contribution in [0.1, 0.15) is 303 Å². The number of hydrogen-bond acceptors (Lipinski definition) is 4. The summed E-state index contributed by atoms with van der Waals surface area (Å²) >= 11 is 0. The maximum absolute atomic E-state index is 12.5. The molecule has 1 amide bonds. The lowest BCUT2D eigenvalue weighted by atomic mass is 10.0. The van der Waals surface area contributed by atoms with Crippen molar-refractivity contribution in [2.45, 2.75) is 321 Å². The smallest absolute Gasteiger partial charge is 0.222 e. The van der Waals surface area contributed by atoms with Gasteiger partial charge in [0.15, 0.2) is 0 Å². The van der Waals surface area contributed by atoms with Crippen molar-refractivity contribution in [2.75, 3.05) is 6.61 Å². The number of aliphatic hydroxyl groups is 3. The van der Waals surface area contributed by atoms with Crippen molar-refractivity contribution >= 4 is 5.91 Å². The number of allylic oxidation sites excluding steroid dienone is 5. The van der Waals surface area contributed by atoms with Crippen molar-refractivity contribution in [3.05, 3.63) is 36.5 Å². The topological polar surface area (TPSA) is 89.8 Å². The Morgan fingerprint density at radius 2 is 0.683 bits per heavy atom. The summed E-state index contributed by atoms with van der Waals surface area (Å²) in [4.78, 5) is 12.5. The third-order valence-electron chi connectivity index (χ3n) is 13.1. The van der Waals surface area contributed by atoms with Gasteiger partial charge in [-0.25, -0.2) is 0 Å². The first-order valence-corrected chi connectivity index (χ1v) is 28.3. The number of unbranched alkanes of at least 4 members (excludes halogenated alkanes) is 39. The molecule has 0 spiro atoms. The van der Waals surface area contributed by atoms with Crippen molar-refractivity contribution in [1.82, 2.24) is 5.32 Å². The summed E-state index contributed by atoms with van der Waals surface area (Å²) in [6.07, 6.45) is 69.1. The van der Waals surface area contributed by atoms with E-state index in [4.69, 9.17) is 0 Å². The molecule has 3 unspecified atom stereocenters. The van der Waals surface area contributed by atoms with Crippen LogP contribution in [0.15, 0.2) is 36.5 Å². The Hall–Kier alpha value is -1.43. The van der Waals surface area contributed by atoms with Gasteiger partial charge in [0.25, 0.3) is 0 Å². The number of amides is 1. The molecule has 0 bridgehead atoms. The fourth-order valence-electron chi connectivity index (χ4n) is 8.82. The van der Waals surface area contributed by atoms with Crippen molar-refractivity contribution in [2.24, 2.45) is 0 Å². The Morgan fingerprint density at radius 1 is 0.397 bits per heavy atom. The predicted octanol–water partition coefficient (Wildman–Crippen LogP) is 17.4. The summed E-state index contributed by atoms with van der Waals surface area (Å²) in [5.41, 5.74) is 0. The third-order valence-corrected chi connectivity index (χ3v) is 13.1. The standard InChI is InChI=1S/C58H111NO4/c1-3-5-7-9-11-13-15-17-19-21-23-25-27-28-30-32-34-36-38-40-42-44-46-48-50-52-57(62)56(54-60)59-58(63)53-55(61)51-49-47-45-43-41-39-37-35-33-31-29-26-24-22-20-18-16-14-12-10-8-6-4-2/h31,33,42,44,50,52,55-57,60-62H,3-30,32,34-41,43,45-49,51,53-54H2,1-2H3,(H,59,63)/b33-31-,44-42+,52-50+. The van der Waals surface area contributed by atoms with Gasteiger partial charge in [0.1, 0.15) is 0 Å². The first kappa shape index (κ1) is 61.6. The lowest BCUT2D eigenvalue weighted by molar-refractivity contribution is -0.124. The van der Waals surface area contributed by atoms with Gasteiger partial charge in [-0.2, -0.15) is 0 Å². The largest absolute Gasteiger partial charge is 0.394 e. The number of rotatable bonds is 52. The minimum absolute atomic E-state index is 0.00403. The van der Waals surface area contributed by atoms with Gasteiger partial charge in [0, 0.05) is 0 Å². The minimum Gasteiger partial charge on any atom is -0.394 e. The zero-order chi connectivity index (χ0) is 45.8. The van der Waals surface area contributed by atoms with Gasteiger partial charge in [-0.05, 0) is 57.8 Å². The lowest BCUT2D eigenvalue weighted by Gasteiger charge is -2.21. The molecule has 5 heteroatoms. The molecule has 5 nitrogen and oxygen atoms in total. The fraction of sp³-hybridized carbons (Fsp3) is 0.879. The highest BCUT2D eigenvalue weighted by Crippen LogP contribution is 2.17. The molecule has 0 saturated carbocycles. The summed E-state index contributed by atoms with van der Waals surface area (Å²) in [6, 6.07) is -0.763. The Morgan fingerprint density at radius 3 is 1.02 bits per heavy atom. The Bertz CT molecular complexity index is 978. The number of hydrogen-bond donors (Lipinski definition) is 4. The maximum atomic E-state index is 12.5. The van der Waals surface area contributed by atoms with Gasteiger partial charge < -0.3 is 20.6 Å². The molecule has 0 aliphatic carbocycles. The maximum Gasteiger partial charge on any atom is 0.222 e. The van der Waals surface area contributed by atoms with Gasteiger partial charge in [-0.15, -0.1) is 0 Å². The molecule has 0 aromatic rings. The lowest BCUT2D eigenvalue weighted by Crippen LogP contribution is -2.45. The molecule has 0 aliphatic heterocycles. The summed E-state index contributed by atoms with van der Waals surface area (Å²) in [7, 11) is 0. The predicted molar refractivity (Wildman–Crippen MR) is 278 cm³/mol. The van der Waals surface area contributed by atoms with Crippen LogP contribution in [0.3, 0.4) is 0 Å². The van der Waals surface area contributed by atoms with E-state index in [1.807, 2.05) is 6.08 Å². The van der Waals surface area contributed by atoms with E-state index in [2.05, 4.69) is 43.5 Å². The summed E-state index contributed by atoms with van der Waals surface area (Å²) < 4.78 is 0. The van der Waals surface area contributed by atoms with E-state index < -0.39 is 18.2 Å². The monoisotopic (exact) mass is 886 g/mol. The first-order valence-electron chi connectivity index (χ1n) is 28.3. The van der Waals surface area contributed by atoms with E-state index >= 15 is 0 Å². The van der Waals surface area contributed by atoms with Crippen LogP contribution in [0.5, 0.6) is 0 Å². The quantitative estimate of drug-likeness (QED) is 0.0362. The van der Waals surface area contributed by atoms with Gasteiger partial charge in [-0.3, -0.25) is 4.79 Å². The fourth-order valence-corrected chi connectivity index (χ4v) is 8.82.